The number of sulfone groups is 1. The first-order chi connectivity index (χ1) is 7.68. The van der Waals surface area contributed by atoms with E-state index < -0.39 is 9.84 Å². The standard InChI is InChI=1S/C14H22O2S/c1-9(2)12-7-8-17(15,16)14(11(5)6)13(12)10(3)4/h7-8H2,1-6H3. The van der Waals surface area contributed by atoms with Gasteiger partial charge in [-0.3, -0.25) is 0 Å². The van der Waals surface area contributed by atoms with E-state index in [1.165, 1.54) is 11.1 Å². The molecule has 1 fully saturated rings. The SMILES string of the molecule is CC(C)=C1CCS(=O)(=O)C(=C(C)C)C1=C(C)C. The van der Waals surface area contributed by atoms with Crippen LogP contribution < -0.4 is 0 Å². The maximum atomic E-state index is 12.2. The molecule has 3 heteroatoms. The van der Waals surface area contributed by atoms with E-state index in [9.17, 15) is 8.42 Å². The van der Waals surface area contributed by atoms with E-state index in [2.05, 4.69) is 13.8 Å². The molecule has 17 heavy (non-hydrogen) atoms. The Bertz CT molecular complexity index is 517. The molecule has 0 unspecified atom stereocenters. The second kappa shape index (κ2) is 4.81. The molecule has 0 atom stereocenters. The van der Waals surface area contributed by atoms with Gasteiger partial charge in [0.25, 0.3) is 0 Å². The lowest BCUT2D eigenvalue weighted by Gasteiger charge is -2.26. The Morgan fingerprint density at radius 3 is 1.76 bits per heavy atom. The van der Waals surface area contributed by atoms with Crippen molar-refractivity contribution in [1.82, 2.24) is 0 Å². The van der Waals surface area contributed by atoms with Crippen LogP contribution in [-0.4, -0.2) is 14.2 Å². The van der Waals surface area contributed by atoms with E-state index in [-0.39, 0.29) is 5.75 Å². The van der Waals surface area contributed by atoms with Crippen molar-refractivity contribution >= 4 is 9.84 Å². The van der Waals surface area contributed by atoms with Crippen LogP contribution in [0.5, 0.6) is 0 Å². The monoisotopic (exact) mass is 254 g/mol. The molecule has 0 aromatic carbocycles. The van der Waals surface area contributed by atoms with Crippen LogP contribution in [0.4, 0.5) is 0 Å². The second-order valence-electron chi connectivity index (χ2n) is 5.25. The van der Waals surface area contributed by atoms with Crippen molar-refractivity contribution in [2.24, 2.45) is 0 Å². The zero-order valence-electron chi connectivity index (χ0n) is 11.6. The molecule has 0 aliphatic carbocycles. The van der Waals surface area contributed by atoms with Crippen molar-refractivity contribution in [3.8, 4) is 0 Å². The normalized spacial score (nSPS) is 19.3. The molecule has 1 rings (SSSR count). The highest BCUT2D eigenvalue weighted by Gasteiger charge is 2.31. The quantitative estimate of drug-likeness (QED) is 0.659. The maximum absolute atomic E-state index is 12.2. The van der Waals surface area contributed by atoms with Gasteiger partial charge in [0, 0.05) is 0 Å². The predicted molar refractivity (Wildman–Crippen MR) is 73.5 cm³/mol. The van der Waals surface area contributed by atoms with Gasteiger partial charge in [-0.25, -0.2) is 8.42 Å². The summed E-state index contributed by atoms with van der Waals surface area (Å²) >= 11 is 0. The van der Waals surface area contributed by atoms with Crippen molar-refractivity contribution in [3.63, 3.8) is 0 Å². The van der Waals surface area contributed by atoms with Gasteiger partial charge < -0.3 is 0 Å². The molecule has 1 heterocycles. The third-order valence-electron chi connectivity index (χ3n) is 3.02. The van der Waals surface area contributed by atoms with Crippen LogP contribution in [0, 0.1) is 0 Å². The number of rotatable bonds is 0. The molecule has 0 spiro atoms. The third-order valence-corrected chi connectivity index (χ3v) is 4.99. The largest absolute Gasteiger partial charge is 0.224 e. The summed E-state index contributed by atoms with van der Waals surface area (Å²) in [6.45, 7) is 11.8. The highest BCUT2D eigenvalue weighted by Crippen LogP contribution is 2.38. The Hall–Kier alpha value is -0.830. The first kappa shape index (κ1) is 14.2. The molecule has 0 bridgehead atoms. The van der Waals surface area contributed by atoms with E-state index in [1.54, 1.807) is 0 Å². The van der Waals surface area contributed by atoms with Crippen LogP contribution in [0.2, 0.25) is 0 Å². The molecule has 0 amide bonds. The highest BCUT2D eigenvalue weighted by atomic mass is 32.2. The van der Waals surface area contributed by atoms with Gasteiger partial charge in [0.1, 0.15) is 0 Å². The fourth-order valence-electron chi connectivity index (χ4n) is 2.35. The summed E-state index contributed by atoms with van der Waals surface area (Å²) in [4.78, 5) is 0.556. The van der Waals surface area contributed by atoms with Crippen LogP contribution in [0.25, 0.3) is 0 Å². The lowest BCUT2D eigenvalue weighted by molar-refractivity contribution is 0.599. The summed E-state index contributed by atoms with van der Waals surface area (Å²) in [6, 6.07) is 0. The summed E-state index contributed by atoms with van der Waals surface area (Å²) in [5.74, 6) is 0.241. The van der Waals surface area contributed by atoms with Gasteiger partial charge in [-0.2, -0.15) is 0 Å². The molecular formula is C14H22O2S. The van der Waals surface area contributed by atoms with Crippen LogP contribution in [0.15, 0.2) is 32.8 Å². The van der Waals surface area contributed by atoms with E-state index in [0.717, 1.165) is 16.7 Å². The molecule has 1 aliphatic rings. The molecule has 1 aliphatic heterocycles. The van der Waals surface area contributed by atoms with E-state index in [4.69, 9.17) is 0 Å². The summed E-state index contributed by atoms with van der Waals surface area (Å²) in [7, 11) is -3.10. The first-order valence-electron chi connectivity index (χ1n) is 5.93. The summed E-state index contributed by atoms with van der Waals surface area (Å²) in [5.41, 5.74) is 5.35. The molecule has 0 radical (unpaired) electrons. The maximum Gasteiger partial charge on any atom is 0.179 e. The fraction of sp³-hybridized carbons (Fsp3) is 0.571. The van der Waals surface area contributed by atoms with Crippen LogP contribution in [0.1, 0.15) is 48.0 Å². The first-order valence-corrected chi connectivity index (χ1v) is 7.58. The number of hydrogen-bond acceptors (Lipinski definition) is 2. The van der Waals surface area contributed by atoms with Crippen molar-refractivity contribution in [3.05, 3.63) is 32.8 Å². The van der Waals surface area contributed by atoms with E-state index in [0.29, 0.717) is 11.3 Å². The molecule has 96 valence electrons. The summed E-state index contributed by atoms with van der Waals surface area (Å²) in [5, 5.41) is 0. The Morgan fingerprint density at radius 2 is 1.41 bits per heavy atom. The average molecular weight is 254 g/mol. The van der Waals surface area contributed by atoms with Crippen molar-refractivity contribution in [2.75, 3.05) is 5.75 Å². The predicted octanol–water partition coefficient (Wildman–Crippen LogP) is 3.77. The molecule has 1 saturated heterocycles. The average Bonchev–Trinajstić information content (AvgIpc) is 2.14. The third kappa shape index (κ3) is 2.71. The van der Waals surface area contributed by atoms with Crippen molar-refractivity contribution in [1.29, 1.82) is 0 Å². The van der Waals surface area contributed by atoms with Crippen LogP contribution in [-0.2, 0) is 9.84 Å². The summed E-state index contributed by atoms with van der Waals surface area (Å²) < 4.78 is 24.4. The molecular weight excluding hydrogens is 232 g/mol. The molecule has 0 aromatic heterocycles. The van der Waals surface area contributed by atoms with Gasteiger partial charge in [0.2, 0.25) is 0 Å². The minimum atomic E-state index is -3.10. The molecule has 0 aromatic rings. The Balaban J connectivity index is 3.67. The van der Waals surface area contributed by atoms with Crippen LogP contribution >= 0.6 is 0 Å². The fourth-order valence-corrected chi connectivity index (χ4v) is 4.28. The smallest absolute Gasteiger partial charge is 0.179 e. The van der Waals surface area contributed by atoms with Gasteiger partial charge in [0.15, 0.2) is 9.84 Å². The lowest BCUT2D eigenvalue weighted by atomic mass is 9.93. The highest BCUT2D eigenvalue weighted by molar-refractivity contribution is 7.95. The minimum absolute atomic E-state index is 0.241. The van der Waals surface area contributed by atoms with Crippen molar-refractivity contribution < 1.29 is 8.42 Å². The Morgan fingerprint density at radius 1 is 0.882 bits per heavy atom. The molecule has 0 N–H and O–H groups in total. The minimum Gasteiger partial charge on any atom is -0.224 e. The number of hydrogen-bond donors (Lipinski definition) is 0. The zero-order chi connectivity index (χ0) is 13.4. The Labute approximate surface area is 105 Å². The van der Waals surface area contributed by atoms with E-state index in [1.807, 2.05) is 27.7 Å². The second-order valence-corrected chi connectivity index (χ2v) is 7.30. The van der Waals surface area contributed by atoms with E-state index >= 15 is 0 Å². The Kier molecular flexibility index (Phi) is 4.03. The molecule has 0 saturated carbocycles. The lowest BCUT2D eigenvalue weighted by Crippen LogP contribution is -2.21. The van der Waals surface area contributed by atoms with Gasteiger partial charge in [-0.05, 0) is 59.1 Å². The van der Waals surface area contributed by atoms with Crippen LogP contribution in [0.3, 0.4) is 0 Å². The summed E-state index contributed by atoms with van der Waals surface area (Å²) in [6.07, 6.45) is 0.641. The molecule has 2 nitrogen and oxygen atoms in total. The zero-order valence-corrected chi connectivity index (χ0v) is 12.5. The van der Waals surface area contributed by atoms with Gasteiger partial charge >= 0.3 is 0 Å². The van der Waals surface area contributed by atoms with Crippen molar-refractivity contribution in [2.45, 2.75) is 48.0 Å². The van der Waals surface area contributed by atoms with Gasteiger partial charge in [-0.1, -0.05) is 16.7 Å². The number of allylic oxidation sites excluding steroid dienone is 5. The van der Waals surface area contributed by atoms with Gasteiger partial charge in [0.05, 0.1) is 10.7 Å². The topological polar surface area (TPSA) is 34.1 Å². The van der Waals surface area contributed by atoms with Gasteiger partial charge in [-0.15, -0.1) is 0 Å².